The van der Waals surface area contributed by atoms with Gasteiger partial charge in [0, 0.05) is 18.5 Å². The number of para-hydroxylation sites is 2. The summed E-state index contributed by atoms with van der Waals surface area (Å²) in [5.74, 6) is 0. The zero-order valence-electron chi connectivity index (χ0n) is 9.40. The predicted molar refractivity (Wildman–Crippen MR) is 69.4 cm³/mol. The fourth-order valence-electron chi connectivity index (χ4n) is 2.36. The molecule has 1 fully saturated rings. The molecule has 90 valence electrons. The summed E-state index contributed by atoms with van der Waals surface area (Å²) in [5.41, 5.74) is 1.75. The van der Waals surface area contributed by atoms with Gasteiger partial charge in [-0.1, -0.05) is 12.1 Å². The zero-order chi connectivity index (χ0) is 11.8. The average Bonchev–Trinajstić information content (AvgIpc) is 2.66. The second kappa shape index (κ2) is 4.11. The maximum absolute atomic E-state index is 12.0. The Hall–Kier alpha value is -1.42. The number of H-pyrrole nitrogens is 1. The van der Waals surface area contributed by atoms with Crippen LogP contribution in [0.1, 0.15) is 12.8 Å². The summed E-state index contributed by atoms with van der Waals surface area (Å²) < 4.78 is 1.73. The van der Waals surface area contributed by atoms with Gasteiger partial charge in [0.2, 0.25) is 0 Å². The molecule has 1 aliphatic rings. The molecule has 0 unspecified atom stereocenters. The molecule has 4 nitrogen and oxygen atoms in total. The van der Waals surface area contributed by atoms with E-state index in [0.717, 1.165) is 37.0 Å². The molecular formula is C12H14ClN3O. The number of hydrogen-bond acceptors (Lipinski definition) is 2. The lowest BCUT2D eigenvalue weighted by Gasteiger charge is -2.31. The number of benzene rings is 1. The fraction of sp³-hybridized carbons (Fsp3) is 0.417. The molecule has 1 aliphatic heterocycles. The second-order valence-corrected chi connectivity index (χ2v) is 5.00. The van der Waals surface area contributed by atoms with Crippen molar-refractivity contribution in [2.24, 2.45) is 0 Å². The van der Waals surface area contributed by atoms with Gasteiger partial charge in [-0.15, -0.1) is 11.6 Å². The van der Waals surface area contributed by atoms with E-state index >= 15 is 0 Å². The van der Waals surface area contributed by atoms with Crippen LogP contribution in [-0.4, -0.2) is 28.1 Å². The summed E-state index contributed by atoms with van der Waals surface area (Å²) in [6, 6.07) is 7.75. The first-order valence-electron chi connectivity index (χ1n) is 5.85. The zero-order valence-corrected chi connectivity index (χ0v) is 10.2. The van der Waals surface area contributed by atoms with Gasteiger partial charge in [-0.25, -0.2) is 9.47 Å². The smallest absolute Gasteiger partial charge is 0.308 e. The minimum atomic E-state index is -0.0702. The number of aromatic nitrogens is 2. The molecule has 0 amide bonds. The first-order valence-corrected chi connectivity index (χ1v) is 6.28. The normalized spacial score (nSPS) is 17.8. The van der Waals surface area contributed by atoms with E-state index in [9.17, 15) is 4.79 Å². The third-order valence-corrected chi connectivity index (χ3v) is 3.69. The molecule has 0 spiro atoms. The molecule has 5 heteroatoms. The molecule has 0 aliphatic carbocycles. The Balaban J connectivity index is 2.05. The van der Waals surface area contributed by atoms with Crippen LogP contribution in [0.5, 0.6) is 0 Å². The summed E-state index contributed by atoms with van der Waals surface area (Å²) in [7, 11) is 0. The second-order valence-electron chi connectivity index (χ2n) is 4.39. The van der Waals surface area contributed by atoms with E-state index in [2.05, 4.69) is 9.99 Å². The monoisotopic (exact) mass is 251 g/mol. The van der Waals surface area contributed by atoms with E-state index in [1.165, 1.54) is 0 Å². The van der Waals surface area contributed by atoms with Gasteiger partial charge >= 0.3 is 5.69 Å². The van der Waals surface area contributed by atoms with Crippen molar-refractivity contribution in [2.45, 2.75) is 18.2 Å². The number of fused-ring (bicyclic) bond motifs is 1. The van der Waals surface area contributed by atoms with E-state index in [1.54, 1.807) is 4.68 Å². The summed E-state index contributed by atoms with van der Waals surface area (Å²) in [6.45, 7) is 1.66. The minimum Gasteiger partial charge on any atom is -0.308 e. The van der Waals surface area contributed by atoms with Gasteiger partial charge in [0.05, 0.1) is 11.0 Å². The highest BCUT2D eigenvalue weighted by Gasteiger charge is 2.20. The van der Waals surface area contributed by atoms with Crippen molar-refractivity contribution in [3.05, 3.63) is 34.7 Å². The molecule has 1 aromatic heterocycles. The number of alkyl halides is 1. The molecule has 3 rings (SSSR count). The van der Waals surface area contributed by atoms with Crippen molar-refractivity contribution in [1.82, 2.24) is 9.66 Å². The van der Waals surface area contributed by atoms with Crippen molar-refractivity contribution >= 4 is 22.6 Å². The van der Waals surface area contributed by atoms with Crippen LogP contribution in [0.2, 0.25) is 0 Å². The summed E-state index contributed by atoms with van der Waals surface area (Å²) >= 11 is 6.08. The number of hydrogen-bond donors (Lipinski definition) is 1. The Morgan fingerprint density at radius 1 is 1.24 bits per heavy atom. The third-order valence-electron chi connectivity index (χ3n) is 3.25. The van der Waals surface area contributed by atoms with Crippen LogP contribution < -0.4 is 10.7 Å². The van der Waals surface area contributed by atoms with Crippen molar-refractivity contribution in [3.8, 4) is 0 Å². The molecule has 0 atom stereocenters. The largest absolute Gasteiger partial charge is 0.345 e. The topological polar surface area (TPSA) is 41.0 Å². The maximum Gasteiger partial charge on any atom is 0.345 e. The molecule has 1 saturated heterocycles. The standard InChI is InChI=1S/C12H14ClN3O/c13-9-5-7-15(8-6-9)16-11-4-2-1-3-10(11)14-12(16)17/h1-4,9H,5-8H2,(H,14,17). The molecule has 2 aromatic rings. The SMILES string of the molecule is O=c1[nH]c2ccccc2n1N1CCC(Cl)CC1. The molecular weight excluding hydrogens is 238 g/mol. The molecule has 17 heavy (non-hydrogen) atoms. The number of piperidine rings is 1. The maximum atomic E-state index is 12.0. The van der Waals surface area contributed by atoms with E-state index < -0.39 is 0 Å². The Morgan fingerprint density at radius 3 is 2.71 bits per heavy atom. The number of imidazole rings is 1. The Morgan fingerprint density at radius 2 is 1.94 bits per heavy atom. The lowest BCUT2D eigenvalue weighted by molar-refractivity contribution is 0.483. The van der Waals surface area contributed by atoms with Crippen LogP contribution in [0.25, 0.3) is 11.0 Å². The van der Waals surface area contributed by atoms with Gasteiger partial charge in [-0.05, 0) is 25.0 Å². The average molecular weight is 252 g/mol. The number of aromatic amines is 1. The third kappa shape index (κ3) is 1.82. The number of nitrogens with one attached hydrogen (secondary N) is 1. The first kappa shape index (κ1) is 10.7. The van der Waals surface area contributed by atoms with Crippen LogP contribution in [0, 0.1) is 0 Å². The molecule has 1 N–H and O–H groups in total. The number of rotatable bonds is 1. The van der Waals surface area contributed by atoms with E-state index in [0.29, 0.717) is 0 Å². The highest BCUT2D eigenvalue weighted by atomic mass is 35.5. The Kier molecular flexibility index (Phi) is 2.59. The van der Waals surface area contributed by atoms with Crippen molar-refractivity contribution in [3.63, 3.8) is 0 Å². The highest BCUT2D eigenvalue weighted by molar-refractivity contribution is 6.20. The van der Waals surface area contributed by atoms with E-state index in [1.807, 2.05) is 24.3 Å². The van der Waals surface area contributed by atoms with Crippen molar-refractivity contribution in [2.75, 3.05) is 18.1 Å². The Bertz CT molecular complexity index is 581. The van der Waals surface area contributed by atoms with Gasteiger partial charge < -0.3 is 9.99 Å². The molecule has 0 radical (unpaired) electrons. The summed E-state index contributed by atoms with van der Waals surface area (Å²) in [4.78, 5) is 14.8. The van der Waals surface area contributed by atoms with Crippen molar-refractivity contribution < 1.29 is 0 Å². The van der Waals surface area contributed by atoms with Crippen LogP contribution in [-0.2, 0) is 0 Å². The number of nitrogens with zero attached hydrogens (tertiary/aromatic N) is 2. The molecule has 2 heterocycles. The van der Waals surface area contributed by atoms with Crippen molar-refractivity contribution in [1.29, 1.82) is 0 Å². The highest BCUT2D eigenvalue weighted by Crippen LogP contribution is 2.16. The lowest BCUT2D eigenvalue weighted by atomic mass is 10.1. The van der Waals surface area contributed by atoms with E-state index in [-0.39, 0.29) is 11.1 Å². The molecule has 0 bridgehead atoms. The first-order chi connectivity index (χ1) is 8.25. The van der Waals surface area contributed by atoms with Gasteiger partial charge in [0.1, 0.15) is 0 Å². The lowest BCUT2D eigenvalue weighted by Crippen LogP contribution is -2.46. The van der Waals surface area contributed by atoms with Crippen LogP contribution in [0.4, 0.5) is 0 Å². The minimum absolute atomic E-state index is 0.0702. The van der Waals surface area contributed by atoms with Gasteiger partial charge in [0.25, 0.3) is 0 Å². The van der Waals surface area contributed by atoms with Gasteiger partial charge in [-0.3, -0.25) is 0 Å². The fourth-order valence-corrected chi connectivity index (χ4v) is 2.55. The Labute approximate surface area is 104 Å². The number of halogens is 1. The predicted octanol–water partition coefficient (Wildman–Crippen LogP) is 1.67. The van der Waals surface area contributed by atoms with Gasteiger partial charge in [-0.2, -0.15) is 0 Å². The summed E-state index contributed by atoms with van der Waals surface area (Å²) in [5, 5.41) is 2.31. The summed E-state index contributed by atoms with van der Waals surface area (Å²) in [6.07, 6.45) is 1.85. The quantitative estimate of drug-likeness (QED) is 0.784. The van der Waals surface area contributed by atoms with Crippen LogP contribution in [0.3, 0.4) is 0 Å². The van der Waals surface area contributed by atoms with Crippen LogP contribution in [0.15, 0.2) is 29.1 Å². The molecule has 0 saturated carbocycles. The molecule has 1 aromatic carbocycles. The van der Waals surface area contributed by atoms with Crippen LogP contribution >= 0.6 is 11.6 Å². The van der Waals surface area contributed by atoms with E-state index in [4.69, 9.17) is 11.6 Å². The van der Waals surface area contributed by atoms with Gasteiger partial charge in [0.15, 0.2) is 0 Å².